The van der Waals surface area contributed by atoms with Crippen LogP contribution in [0.3, 0.4) is 0 Å². The number of nitrogens with one attached hydrogen (secondary N) is 1. The van der Waals surface area contributed by atoms with Gasteiger partial charge < -0.3 is 14.6 Å². The molecule has 0 aliphatic rings. The first-order valence-corrected chi connectivity index (χ1v) is 6.88. The van der Waals surface area contributed by atoms with E-state index in [1.54, 1.807) is 13.4 Å². The monoisotopic (exact) mass is 274 g/mol. The highest BCUT2D eigenvalue weighted by Gasteiger charge is 2.05. The van der Waals surface area contributed by atoms with E-state index in [4.69, 9.17) is 4.74 Å². The number of methoxy groups -OCH3 is 1. The predicted octanol–water partition coefficient (Wildman–Crippen LogP) is 1.93. The molecule has 2 rings (SSSR count). The highest BCUT2D eigenvalue weighted by Crippen LogP contribution is 2.13. The van der Waals surface area contributed by atoms with Crippen LogP contribution in [0.5, 0.6) is 5.75 Å². The molecule has 5 heteroatoms. The van der Waals surface area contributed by atoms with Crippen LogP contribution in [-0.4, -0.2) is 27.9 Å². The number of nitrogens with zero attached hydrogens (tertiary/aromatic N) is 3. The zero-order chi connectivity index (χ0) is 14.4. The summed E-state index contributed by atoms with van der Waals surface area (Å²) in [6.07, 6.45) is 3.86. The first-order chi connectivity index (χ1) is 9.69. The van der Waals surface area contributed by atoms with Gasteiger partial charge in [0.05, 0.1) is 13.7 Å². The molecule has 1 aromatic carbocycles. The topological polar surface area (TPSA) is 52.0 Å². The average molecular weight is 274 g/mol. The van der Waals surface area contributed by atoms with Crippen LogP contribution in [-0.2, 0) is 20.0 Å². The maximum absolute atomic E-state index is 5.16. The van der Waals surface area contributed by atoms with Gasteiger partial charge in [-0.15, -0.1) is 10.2 Å². The van der Waals surface area contributed by atoms with E-state index in [1.807, 2.05) is 23.7 Å². The smallest absolute Gasteiger partial charge is 0.146 e. The lowest BCUT2D eigenvalue weighted by molar-refractivity contribution is 0.414. The third-order valence-electron chi connectivity index (χ3n) is 3.44. The highest BCUT2D eigenvalue weighted by molar-refractivity contribution is 5.27. The van der Waals surface area contributed by atoms with Crippen molar-refractivity contribution in [1.82, 2.24) is 20.1 Å². The molecule has 1 atom stereocenters. The maximum Gasteiger partial charge on any atom is 0.146 e. The van der Waals surface area contributed by atoms with Crippen LogP contribution in [0.2, 0.25) is 0 Å². The SMILES string of the molecule is COc1ccc(CCC(C)NCc2nncn2C)cc1. The summed E-state index contributed by atoms with van der Waals surface area (Å²) in [6.45, 7) is 2.94. The molecule has 20 heavy (non-hydrogen) atoms. The summed E-state index contributed by atoms with van der Waals surface area (Å²) in [5, 5.41) is 11.4. The Hall–Kier alpha value is -1.88. The van der Waals surface area contributed by atoms with E-state index in [0.717, 1.165) is 31.0 Å². The Balaban J connectivity index is 1.74. The van der Waals surface area contributed by atoms with Gasteiger partial charge in [0.1, 0.15) is 17.9 Å². The third-order valence-corrected chi connectivity index (χ3v) is 3.44. The van der Waals surface area contributed by atoms with Gasteiger partial charge in [-0.05, 0) is 37.5 Å². The van der Waals surface area contributed by atoms with E-state index < -0.39 is 0 Å². The molecule has 0 bridgehead atoms. The lowest BCUT2D eigenvalue weighted by Gasteiger charge is -2.13. The Bertz CT molecular complexity index is 521. The molecule has 1 N–H and O–H groups in total. The minimum atomic E-state index is 0.439. The lowest BCUT2D eigenvalue weighted by atomic mass is 10.1. The minimum absolute atomic E-state index is 0.439. The van der Waals surface area contributed by atoms with Gasteiger partial charge in [-0.3, -0.25) is 0 Å². The number of ether oxygens (including phenoxy) is 1. The van der Waals surface area contributed by atoms with E-state index in [0.29, 0.717) is 6.04 Å². The molecule has 0 spiro atoms. The second-order valence-corrected chi connectivity index (χ2v) is 5.03. The summed E-state index contributed by atoms with van der Waals surface area (Å²) in [7, 11) is 3.65. The normalized spacial score (nSPS) is 12.3. The summed E-state index contributed by atoms with van der Waals surface area (Å²) in [6, 6.07) is 8.69. The van der Waals surface area contributed by atoms with Crippen molar-refractivity contribution in [3.63, 3.8) is 0 Å². The number of hydrogen-bond acceptors (Lipinski definition) is 4. The quantitative estimate of drug-likeness (QED) is 0.838. The van der Waals surface area contributed by atoms with E-state index >= 15 is 0 Å². The van der Waals surface area contributed by atoms with E-state index in [2.05, 4.69) is 34.6 Å². The molecule has 0 aliphatic heterocycles. The van der Waals surface area contributed by atoms with Crippen LogP contribution < -0.4 is 10.1 Å². The van der Waals surface area contributed by atoms with Gasteiger partial charge in [0.2, 0.25) is 0 Å². The van der Waals surface area contributed by atoms with Crippen molar-refractivity contribution in [2.24, 2.45) is 7.05 Å². The van der Waals surface area contributed by atoms with Crippen molar-refractivity contribution >= 4 is 0 Å². The molecule has 0 aliphatic carbocycles. The maximum atomic E-state index is 5.16. The molecule has 0 radical (unpaired) electrons. The lowest BCUT2D eigenvalue weighted by Crippen LogP contribution is -2.27. The molecule has 0 saturated carbocycles. The van der Waals surface area contributed by atoms with Gasteiger partial charge >= 0.3 is 0 Å². The van der Waals surface area contributed by atoms with Crippen LogP contribution in [0, 0.1) is 0 Å². The van der Waals surface area contributed by atoms with Crippen LogP contribution in [0.15, 0.2) is 30.6 Å². The van der Waals surface area contributed by atoms with Crippen LogP contribution >= 0.6 is 0 Å². The summed E-state index contributed by atoms with van der Waals surface area (Å²) in [5.74, 6) is 1.86. The third kappa shape index (κ3) is 4.06. The van der Waals surface area contributed by atoms with Gasteiger partial charge in [-0.25, -0.2) is 0 Å². The predicted molar refractivity (Wildman–Crippen MR) is 78.6 cm³/mol. The Kier molecular flexibility index (Phi) is 5.12. The number of hydrogen-bond donors (Lipinski definition) is 1. The highest BCUT2D eigenvalue weighted by atomic mass is 16.5. The number of benzene rings is 1. The molecular formula is C15H22N4O. The van der Waals surface area contributed by atoms with Gasteiger partial charge in [0.25, 0.3) is 0 Å². The molecule has 0 saturated heterocycles. The van der Waals surface area contributed by atoms with Gasteiger partial charge in [-0.2, -0.15) is 0 Å². The Morgan fingerprint density at radius 2 is 2.05 bits per heavy atom. The minimum Gasteiger partial charge on any atom is -0.497 e. The fourth-order valence-corrected chi connectivity index (χ4v) is 2.01. The first kappa shape index (κ1) is 14.5. The number of aryl methyl sites for hydroxylation is 2. The van der Waals surface area contributed by atoms with Crippen molar-refractivity contribution in [2.45, 2.75) is 32.4 Å². The molecule has 1 aromatic heterocycles. The number of aromatic nitrogens is 3. The molecule has 1 heterocycles. The summed E-state index contributed by atoms with van der Waals surface area (Å²) in [5.41, 5.74) is 1.33. The van der Waals surface area contributed by atoms with E-state index in [-0.39, 0.29) is 0 Å². The summed E-state index contributed by atoms with van der Waals surface area (Å²) >= 11 is 0. The number of rotatable bonds is 7. The Morgan fingerprint density at radius 1 is 1.30 bits per heavy atom. The van der Waals surface area contributed by atoms with Crippen molar-refractivity contribution in [2.75, 3.05) is 7.11 Å². The van der Waals surface area contributed by atoms with Gasteiger partial charge in [0, 0.05) is 13.1 Å². The molecule has 108 valence electrons. The van der Waals surface area contributed by atoms with Gasteiger partial charge in [-0.1, -0.05) is 12.1 Å². The van der Waals surface area contributed by atoms with Gasteiger partial charge in [0.15, 0.2) is 0 Å². The molecule has 0 amide bonds. The Labute approximate surface area is 120 Å². The Morgan fingerprint density at radius 3 is 2.65 bits per heavy atom. The van der Waals surface area contributed by atoms with Crippen molar-refractivity contribution in [3.8, 4) is 5.75 Å². The molecule has 5 nitrogen and oxygen atoms in total. The first-order valence-electron chi connectivity index (χ1n) is 6.88. The van der Waals surface area contributed by atoms with Crippen molar-refractivity contribution < 1.29 is 4.74 Å². The largest absolute Gasteiger partial charge is 0.497 e. The molecule has 1 unspecified atom stereocenters. The molecule has 0 fully saturated rings. The second kappa shape index (κ2) is 7.05. The van der Waals surface area contributed by atoms with E-state index in [9.17, 15) is 0 Å². The summed E-state index contributed by atoms with van der Waals surface area (Å²) < 4.78 is 7.09. The average Bonchev–Trinajstić information content (AvgIpc) is 2.89. The van der Waals surface area contributed by atoms with Crippen LogP contribution in [0.4, 0.5) is 0 Å². The molecule has 2 aromatic rings. The van der Waals surface area contributed by atoms with Crippen LogP contribution in [0.1, 0.15) is 24.7 Å². The zero-order valence-corrected chi connectivity index (χ0v) is 12.3. The zero-order valence-electron chi connectivity index (χ0n) is 12.3. The fraction of sp³-hybridized carbons (Fsp3) is 0.467. The summed E-state index contributed by atoms with van der Waals surface area (Å²) in [4.78, 5) is 0. The van der Waals surface area contributed by atoms with Crippen molar-refractivity contribution in [1.29, 1.82) is 0 Å². The van der Waals surface area contributed by atoms with E-state index in [1.165, 1.54) is 5.56 Å². The standard InChI is InChI=1S/C15H22N4O/c1-12(16-10-15-18-17-11-19(15)2)4-5-13-6-8-14(20-3)9-7-13/h6-9,11-12,16H,4-5,10H2,1-3H3. The second-order valence-electron chi connectivity index (χ2n) is 5.03. The van der Waals surface area contributed by atoms with Crippen molar-refractivity contribution in [3.05, 3.63) is 42.0 Å². The fourth-order valence-electron chi connectivity index (χ4n) is 2.01. The van der Waals surface area contributed by atoms with Crippen LogP contribution in [0.25, 0.3) is 0 Å². The molecular weight excluding hydrogens is 252 g/mol.